The molecule has 1 heterocycles. The van der Waals surface area contributed by atoms with E-state index in [0.717, 1.165) is 18.8 Å². The number of nitrogens with two attached hydrogens (primary N) is 1. The van der Waals surface area contributed by atoms with Crippen molar-refractivity contribution in [2.24, 2.45) is 11.8 Å². The second kappa shape index (κ2) is 6.24. The van der Waals surface area contributed by atoms with Crippen molar-refractivity contribution in [3.05, 3.63) is 11.4 Å². The van der Waals surface area contributed by atoms with Crippen molar-refractivity contribution in [1.29, 1.82) is 0 Å². The fraction of sp³-hybridized carbons (Fsp3) is 0.692. The fourth-order valence-electron chi connectivity index (χ4n) is 2.61. The van der Waals surface area contributed by atoms with E-state index in [1.54, 1.807) is 5.38 Å². The summed E-state index contributed by atoms with van der Waals surface area (Å²) in [7, 11) is -3.37. The highest BCUT2D eigenvalue weighted by Gasteiger charge is 2.23. The number of hydrogen-bond acceptors (Lipinski definition) is 4. The molecule has 1 aliphatic carbocycles. The van der Waals surface area contributed by atoms with Gasteiger partial charge in [0, 0.05) is 17.6 Å². The van der Waals surface area contributed by atoms with E-state index in [0.29, 0.717) is 22.4 Å². The van der Waals surface area contributed by atoms with E-state index in [1.807, 2.05) is 0 Å². The van der Waals surface area contributed by atoms with Crippen molar-refractivity contribution < 1.29 is 8.42 Å². The van der Waals surface area contributed by atoms with Gasteiger partial charge < -0.3 is 5.73 Å². The molecule has 0 unspecified atom stereocenters. The van der Waals surface area contributed by atoms with Gasteiger partial charge in [0.15, 0.2) is 0 Å². The van der Waals surface area contributed by atoms with E-state index in [4.69, 9.17) is 5.73 Å². The molecule has 0 amide bonds. The lowest BCUT2D eigenvalue weighted by atomic mass is 9.81. The SMILES string of the molecule is CCC1CCC(CNS(=O)(=O)c2cc(N)cs2)CC1. The van der Waals surface area contributed by atoms with Crippen LogP contribution in [0.1, 0.15) is 39.0 Å². The van der Waals surface area contributed by atoms with Gasteiger partial charge in [0.2, 0.25) is 10.0 Å². The molecule has 1 aromatic heterocycles. The van der Waals surface area contributed by atoms with Crippen molar-refractivity contribution in [3.8, 4) is 0 Å². The van der Waals surface area contributed by atoms with Crippen LogP contribution in [0, 0.1) is 11.8 Å². The fourth-order valence-corrected chi connectivity index (χ4v) is 4.85. The second-order valence-corrected chi connectivity index (χ2v) is 8.25. The third-order valence-electron chi connectivity index (χ3n) is 3.97. The predicted octanol–water partition coefficient (Wildman–Crippen LogP) is 2.83. The zero-order chi connectivity index (χ0) is 13.9. The van der Waals surface area contributed by atoms with Crippen LogP contribution in [0.2, 0.25) is 0 Å². The number of rotatable bonds is 5. The molecule has 0 radical (unpaired) electrons. The summed E-state index contributed by atoms with van der Waals surface area (Å²) in [5.74, 6) is 1.32. The van der Waals surface area contributed by atoms with Crippen LogP contribution >= 0.6 is 11.3 Å². The van der Waals surface area contributed by atoms with Crippen LogP contribution in [0.4, 0.5) is 5.69 Å². The maximum absolute atomic E-state index is 12.1. The highest BCUT2D eigenvalue weighted by Crippen LogP contribution is 2.30. The summed E-state index contributed by atoms with van der Waals surface area (Å²) < 4.78 is 27.1. The third kappa shape index (κ3) is 3.94. The summed E-state index contributed by atoms with van der Waals surface area (Å²) in [6.07, 6.45) is 5.97. The Hall–Kier alpha value is -0.590. The van der Waals surface area contributed by atoms with Crippen molar-refractivity contribution in [1.82, 2.24) is 4.72 Å². The number of nitrogen functional groups attached to an aromatic ring is 1. The van der Waals surface area contributed by atoms with Crippen LogP contribution < -0.4 is 10.5 Å². The molecule has 6 heteroatoms. The van der Waals surface area contributed by atoms with Gasteiger partial charge >= 0.3 is 0 Å². The molecule has 0 atom stereocenters. The molecule has 1 aliphatic rings. The van der Waals surface area contributed by atoms with Crippen LogP contribution in [0.25, 0.3) is 0 Å². The molecule has 108 valence electrons. The van der Waals surface area contributed by atoms with Gasteiger partial charge in [-0.3, -0.25) is 0 Å². The molecule has 2 rings (SSSR count). The highest BCUT2D eigenvalue weighted by atomic mass is 32.2. The molecule has 0 aliphatic heterocycles. The van der Waals surface area contributed by atoms with E-state index in [9.17, 15) is 8.42 Å². The van der Waals surface area contributed by atoms with Crippen molar-refractivity contribution in [2.45, 2.75) is 43.2 Å². The highest BCUT2D eigenvalue weighted by molar-refractivity contribution is 7.91. The first-order valence-corrected chi connectivity index (χ1v) is 9.21. The minimum Gasteiger partial charge on any atom is -0.398 e. The summed E-state index contributed by atoms with van der Waals surface area (Å²) in [6, 6.07) is 1.51. The predicted molar refractivity (Wildman–Crippen MR) is 79.7 cm³/mol. The normalized spacial score (nSPS) is 24.5. The molecular weight excluding hydrogens is 280 g/mol. The second-order valence-electron chi connectivity index (χ2n) is 5.35. The van der Waals surface area contributed by atoms with Crippen LogP contribution in [0.3, 0.4) is 0 Å². The van der Waals surface area contributed by atoms with E-state index in [-0.39, 0.29) is 0 Å². The van der Waals surface area contributed by atoms with Crippen molar-refractivity contribution in [2.75, 3.05) is 12.3 Å². The molecule has 19 heavy (non-hydrogen) atoms. The van der Waals surface area contributed by atoms with Gasteiger partial charge in [-0.1, -0.05) is 26.2 Å². The van der Waals surface area contributed by atoms with Gasteiger partial charge in [0.1, 0.15) is 4.21 Å². The summed E-state index contributed by atoms with van der Waals surface area (Å²) in [4.78, 5) is 0. The van der Waals surface area contributed by atoms with Gasteiger partial charge in [0.05, 0.1) is 0 Å². The maximum atomic E-state index is 12.1. The summed E-state index contributed by atoms with van der Waals surface area (Å²) >= 11 is 1.17. The monoisotopic (exact) mass is 302 g/mol. The molecule has 4 nitrogen and oxygen atoms in total. The summed E-state index contributed by atoms with van der Waals surface area (Å²) in [5, 5.41) is 1.65. The first-order valence-electron chi connectivity index (χ1n) is 6.85. The lowest BCUT2D eigenvalue weighted by Crippen LogP contribution is -2.31. The van der Waals surface area contributed by atoms with Crippen molar-refractivity contribution in [3.63, 3.8) is 0 Å². The third-order valence-corrected chi connectivity index (χ3v) is 6.85. The van der Waals surface area contributed by atoms with E-state index in [1.165, 1.54) is 36.7 Å². The van der Waals surface area contributed by atoms with Crippen LogP contribution in [0.15, 0.2) is 15.7 Å². The van der Waals surface area contributed by atoms with E-state index in [2.05, 4.69) is 11.6 Å². The zero-order valence-corrected chi connectivity index (χ0v) is 12.9. The molecule has 1 fully saturated rings. The Morgan fingerprint density at radius 2 is 1.95 bits per heavy atom. The molecule has 1 saturated carbocycles. The molecule has 0 bridgehead atoms. The topological polar surface area (TPSA) is 72.2 Å². The van der Waals surface area contributed by atoms with Gasteiger partial charge in [-0.15, -0.1) is 11.3 Å². The van der Waals surface area contributed by atoms with Gasteiger partial charge in [-0.25, -0.2) is 13.1 Å². The maximum Gasteiger partial charge on any atom is 0.250 e. The summed E-state index contributed by atoms with van der Waals surface area (Å²) in [5.41, 5.74) is 6.07. The smallest absolute Gasteiger partial charge is 0.250 e. The molecule has 1 aromatic rings. The van der Waals surface area contributed by atoms with Crippen LogP contribution in [-0.2, 0) is 10.0 Å². The molecule has 0 spiro atoms. The van der Waals surface area contributed by atoms with Crippen molar-refractivity contribution >= 4 is 27.0 Å². The average molecular weight is 302 g/mol. The Balaban J connectivity index is 1.85. The Labute approximate surface area is 119 Å². The van der Waals surface area contributed by atoms with Gasteiger partial charge in [-0.2, -0.15) is 0 Å². The first kappa shape index (κ1) is 14.8. The van der Waals surface area contributed by atoms with Gasteiger partial charge in [0.25, 0.3) is 0 Å². The first-order chi connectivity index (χ1) is 9.01. The standard InChI is InChI=1S/C13H22N2O2S2/c1-2-10-3-5-11(6-4-10)8-15-19(16,17)13-7-12(14)9-18-13/h7,9-11,15H,2-6,8,14H2,1H3. The van der Waals surface area contributed by atoms with E-state index < -0.39 is 10.0 Å². The molecule has 3 N–H and O–H groups in total. The number of sulfonamides is 1. The number of thiophene rings is 1. The Morgan fingerprint density at radius 3 is 2.47 bits per heavy atom. The van der Waals surface area contributed by atoms with Crippen LogP contribution in [-0.4, -0.2) is 15.0 Å². The number of hydrogen-bond donors (Lipinski definition) is 2. The zero-order valence-electron chi connectivity index (χ0n) is 11.3. The Kier molecular flexibility index (Phi) is 4.86. The number of nitrogens with one attached hydrogen (secondary N) is 1. The minimum atomic E-state index is -3.37. The van der Waals surface area contributed by atoms with Crippen LogP contribution in [0.5, 0.6) is 0 Å². The Bertz CT molecular complexity index is 502. The number of anilines is 1. The lowest BCUT2D eigenvalue weighted by molar-refractivity contribution is 0.270. The molecular formula is C13H22N2O2S2. The quantitative estimate of drug-likeness (QED) is 0.878. The lowest BCUT2D eigenvalue weighted by Gasteiger charge is -2.27. The Morgan fingerprint density at radius 1 is 1.32 bits per heavy atom. The minimum absolute atomic E-state index is 0.312. The summed E-state index contributed by atoms with van der Waals surface area (Å²) in [6.45, 7) is 2.78. The molecule has 0 aromatic carbocycles. The average Bonchev–Trinajstić information content (AvgIpc) is 2.85. The largest absolute Gasteiger partial charge is 0.398 e. The van der Waals surface area contributed by atoms with Gasteiger partial charge in [-0.05, 0) is 30.7 Å². The van der Waals surface area contributed by atoms with E-state index >= 15 is 0 Å². The molecule has 0 saturated heterocycles.